The van der Waals surface area contributed by atoms with E-state index in [9.17, 15) is 0 Å². The van der Waals surface area contributed by atoms with Gasteiger partial charge in [-0.05, 0) is 29.8 Å². The second-order valence-corrected chi connectivity index (χ2v) is 6.43. The molecule has 1 unspecified atom stereocenters. The molecule has 0 fully saturated rings. The maximum atomic E-state index is 6.01. The van der Waals surface area contributed by atoms with E-state index in [4.69, 9.17) is 23.2 Å². The topological polar surface area (TPSA) is 12.0 Å². The van der Waals surface area contributed by atoms with E-state index in [1.54, 1.807) is 0 Å². The lowest BCUT2D eigenvalue weighted by molar-refractivity contribution is 0.819. The van der Waals surface area contributed by atoms with Gasteiger partial charge in [0.1, 0.15) is 0 Å². The minimum Gasteiger partial charge on any atom is -0.384 e. The van der Waals surface area contributed by atoms with Crippen molar-refractivity contribution in [2.24, 2.45) is 0 Å². The van der Waals surface area contributed by atoms with Crippen LogP contribution in [0.25, 0.3) is 0 Å². The van der Waals surface area contributed by atoms with Crippen LogP contribution in [0, 0.1) is 0 Å². The Morgan fingerprint density at radius 2 is 1.95 bits per heavy atom. The molecule has 1 atom stereocenters. The summed E-state index contributed by atoms with van der Waals surface area (Å²) in [6, 6.07) is 14.3. The lowest BCUT2D eigenvalue weighted by Gasteiger charge is -2.13. The molecule has 98 valence electrons. The highest BCUT2D eigenvalue weighted by Gasteiger charge is 2.22. The fourth-order valence-electron chi connectivity index (χ4n) is 2.25. The standard InChI is InChI=1S/C15H13Cl2NS/c16-13-6-5-11(7-14(13)17)18-8-10-9-19-15-4-2-1-3-12(10)15/h1-7,10,18H,8-9H2. The second kappa shape index (κ2) is 5.66. The molecule has 2 aromatic carbocycles. The summed E-state index contributed by atoms with van der Waals surface area (Å²) in [4.78, 5) is 1.41. The van der Waals surface area contributed by atoms with Gasteiger partial charge in [0.2, 0.25) is 0 Å². The van der Waals surface area contributed by atoms with Crippen molar-refractivity contribution in [2.75, 3.05) is 17.6 Å². The summed E-state index contributed by atoms with van der Waals surface area (Å²) in [5, 5.41) is 4.62. The van der Waals surface area contributed by atoms with E-state index >= 15 is 0 Å². The van der Waals surface area contributed by atoms with Crippen LogP contribution in [0.2, 0.25) is 10.0 Å². The molecule has 4 heteroatoms. The molecule has 1 heterocycles. The molecule has 0 aromatic heterocycles. The molecule has 19 heavy (non-hydrogen) atoms. The van der Waals surface area contributed by atoms with Crippen molar-refractivity contribution < 1.29 is 0 Å². The molecule has 0 aliphatic carbocycles. The first-order valence-corrected chi connectivity index (χ1v) is 7.89. The molecule has 0 saturated heterocycles. The first-order valence-electron chi connectivity index (χ1n) is 6.14. The van der Waals surface area contributed by atoms with Gasteiger partial charge < -0.3 is 5.32 Å². The summed E-state index contributed by atoms with van der Waals surface area (Å²) < 4.78 is 0. The Hall–Kier alpha value is -0.830. The Bertz CT molecular complexity index is 600. The van der Waals surface area contributed by atoms with Crippen LogP contribution >= 0.6 is 35.0 Å². The van der Waals surface area contributed by atoms with Gasteiger partial charge in [0, 0.05) is 28.8 Å². The van der Waals surface area contributed by atoms with Gasteiger partial charge in [-0.1, -0.05) is 41.4 Å². The van der Waals surface area contributed by atoms with Gasteiger partial charge in [-0.2, -0.15) is 0 Å². The highest BCUT2D eigenvalue weighted by molar-refractivity contribution is 7.99. The van der Waals surface area contributed by atoms with Crippen LogP contribution in [0.5, 0.6) is 0 Å². The lowest BCUT2D eigenvalue weighted by Crippen LogP contribution is -2.12. The summed E-state index contributed by atoms with van der Waals surface area (Å²) in [6.07, 6.45) is 0. The van der Waals surface area contributed by atoms with E-state index in [1.807, 2.05) is 30.0 Å². The van der Waals surface area contributed by atoms with Crippen LogP contribution < -0.4 is 5.32 Å². The average molecular weight is 310 g/mol. The zero-order valence-corrected chi connectivity index (χ0v) is 12.5. The van der Waals surface area contributed by atoms with E-state index < -0.39 is 0 Å². The van der Waals surface area contributed by atoms with E-state index in [2.05, 4.69) is 29.6 Å². The second-order valence-electron chi connectivity index (χ2n) is 4.56. The monoisotopic (exact) mass is 309 g/mol. The molecule has 1 aliphatic rings. The summed E-state index contributed by atoms with van der Waals surface area (Å²) >= 11 is 13.9. The normalized spacial score (nSPS) is 17.3. The first-order chi connectivity index (χ1) is 9.24. The van der Waals surface area contributed by atoms with Gasteiger partial charge in [-0.25, -0.2) is 0 Å². The third kappa shape index (κ3) is 2.86. The third-order valence-corrected chi connectivity index (χ3v) is 5.26. The van der Waals surface area contributed by atoms with Gasteiger partial charge in [0.15, 0.2) is 0 Å². The molecule has 0 saturated carbocycles. The van der Waals surface area contributed by atoms with Crippen LogP contribution in [0.1, 0.15) is 11.5 Å². The van der Waals surface area contributed by atoms with Crippen molar-refractivity contribution in [1.82, 2.24) is 0 Å². The van der Waals surface area contributed by atoms with Gasteiger partial charge in [0.05, 0.1) is 10.0 Å². The number of nitrogens with one attached hydrogen (secondary N) is 1. The molecule has 1 N–H and O–H groups in total. The maximum Gasteiger partial charge on any atom is 0.0612 e. The number of fused-ring (bicyclic) bond motifs is 1. The Kier molecular flexibility index (Phi) is 3.92. The molecule has 3 rings (SSSR count). The van der Waals surface area contributed by atoms with Crippen LogP contribution in [0.4, 0.5) is 5.69 Å². The minimum absolute atomic E-state index is 0.552. The number of thioether (sulfide) groups is 1. The van der Waals surface area contributed by atoms with Crippen LogP contribution in [0.15, 0.2) is 47.4 Å². The van der Waals surface area contributed by atoms with Gasteiger partial charge >= 0.3 is 0 Å². The van der Waals surface area contributed by atoms with Gasteiger partial charge in [0.25, 0.3) is 0 Å². The Balaban J connectivity index is 1.69. The maximum absolute atomic E-state index is 6.01. The first kappa shape index (κ1) is 13.2. The number of rotatable bonds is 3. The number of anilines is 1. The van der Waals surface area contributed by atoms with E-state index in [1.165, 1.54) is 10.5 Å². The smallest absolute Gasteiger partial charge is 0.0612 e. The minimum atomic E-state index is 0.552. The predicted octanol–water partition coefficient (Wildman–Crippen LogP) is 5.29. The number of hydrogen-bond donors (Lipinski definition) is 1. The quantitative estimate of drug-likeness (QED) is 0.826. The Morgan fingerprint density at radius 3 is 2.79 bits per heavy atom. The highest BCUT2D eigenvalue weighted by Crippen LogP contribution is 2.39. The summed E-state index contributed by atoms with van der Waals surface area (Å²) in [7, 11) is 0. The fraction of sp³-hybridized carbons (Fsp3) is 0.200. The average Bonchev–Trinajstić information content (AvgIpc) is 2.83. The molecule has 0 spiro atoms. The van der Waals surface area contributed by atoms with E-state index in [0.717, 1.165) is 18.0 Å². The number of benzene rings is 2. The van der Waals surface area contributed by atoms with Crippen molar-refractivity contribution in [3.05, 3.63) is 58.1 Å². The highest BCUT2D eigenvalue weighted by atomic mass is 35.5. The van der Waals surface area contributed by atoms with E-state index in [0.29, 0.717) is 16.0 Å². The molecule has 0 amide bonds. The van der Waals surface area contributed by atoms with Crippen molar-refractivity contribution in [3.8, 4) is 0 Å². The number of halogens is 2. The zero-order chi connectivity index (χ0) is 13.2. The van der Waals surface area contributed by atoms with Gasteiger partial charge in [-0.15, -0.1) is 11.8 Å². The van der Waals surface area contributed by atoms with Crippen LogP contribution in [0.3, 0.4) is 0 Å². The molecule has 0 radical (unpaired) electrons. The summed E-state index contributed by atoms with van der Waals surface area (Å²) in [5.74, 6) is 1.68. The SMILES string of the molecule is Clc1ccc(NCC2CSc3ccccc32)cc1Cl. The van der Waals surface area contributed by atoms with Crippen molar-refractivity contribution in [1.29, 1.82) is 0 Å². The fourth-order valence-corrected chi connectivity index (χ4v) is 3.80. The van der Waals surface area contributed by atoms with Crippen LogP contribution in [-0.4, -0.2) is 12.3 Å². The largest absolute Gasteiger partial charge is 0.384 e. The molecule has 2 aromatic rings. The van der Waals surface area contributed by atoms with E-state index in [-0.39, 0.29) is 0 Å². The van der Waals surface area contributed by atoms with Crippen LogP contribution in [-0.2, 0) is 0 Å². The third-order valence-electron chi connectivity index (χ3n) is 3.27. The molecular weight excluding hydrogens is 297 g/mol. The molecular formula is C15H13Cl2NS. The Labute approximate surface area is 127 Å². The summed E-state index contributed by atoms with van der Waals surface area (Å²) in [5.41, 5.74) is 2.46. The zero-order valence-electron chi connectivity index (χ0n) is 10.2. The molecule has 1 aliphatic heterocycles. The van der Waals surface area contributed by atoms with Gasteiger partial charge in [-0.3, -0.25) is 0 Å². The van der Waals surface area contributed by atoms with Crippen molar-refractivity contribution >= 4 is 40.7 Å². The summed E-state index contributed by atoms with van der Waals surface area (Å²) in [6.45, 7) is 0.919. The number of hydrogen-bond acceptors (Lipinski definition) is 2. The van der Waals surface area contributed by atoms with Crippen molar-refractivity contribution in [2.45, 2.75) is 10.8 Å². The molecule has 0 bridgehead atoms. The predicted molar refractivity (Wildman–Crippen MR) is 84.9 cm³/mol. The van der Waals surface area contributed by atoms with Crippen molar-refractivity contribution in [3.63, 3.8) is 0 Å². The Morgan fingerprint density at radius 1 is 1.11 bits per heavy atom. The lowest BCUT2D eigenvalue weighted by atomic mass is 10.0. The molecule has 1 nitrogen and oxygen atoms in total.